The van der Waals surface area contributed by atoms with Crippen LogP contribution in [0.5, 0.6) is 0 Å². The molecule has 0 radical (unpaired) electrons. The third-order valence-corrected chi connectivity index (χ3v) is 6.63. The van der Waals surface area contributed by atoms with Gasteiger partial charge in [0.2, 0.25) is 0 Å². The Bertz CT molecular complexity index is 700. The summed E-state index contributed by atoms with van der Waals surface area (Å²) < 4.78 is 11.2. The van der Waals surface area contributed by atoms with E-state index >= 15 is 0 Å². The Kier molecular flexibility index (Phi) is 4.86. The van der Waals surface area contributed by atoms with E-state index in [1.165, 1.54) is 0 Å². The lowest BCUT2D eigenvalue weighted by molar-refractivity contribution is -0.211. The van der Waals surface area contributed by atoms with Crippen LogP contribution >= 0.6 is 11.6 Å². The number of halogens is 1. The van der Waals surface area contributed by atoms with Crippen molar-refractivity contribution in [3.63, 3.8) is 0 Å². The molecule has 0 unspecified atom stereocenters. The summed E-state index contributed by atoms with van der Waals surface area (Å²) in [5.74, 6) is -0.171. The number of rotatable bonds is 1. The van der Waals surface area contributed by atoms with Crippen molar-refractivity contribution < 1.29 is 19.4 Å². The molecular weight excluding hydrogens is 356 g/mol. The molecule has 3 aliphatic rings. The Balaban J connectivity index is 1.59. The number of aliphatic hydroxyl groups is 1. The molecule has 3 fully saturated rings. The van der Waals surface area contributed by atoms with E-state index in [-0.39, 0.29) is 23.9 Å². The van der Waals surface area contributed by atoms with Gasteiger partial charge in [0, 0.05) is 54.8 Å². The van der Waals surface area contributed by atoms with Crippen molar-refractivity contribution in [1.29, 1.82) is 0 Å². The second kappa shape index (κ2) is 7.00. The van der Waals surface area contributed by atoms with E-state index in [9.17, 15) is 9.90 Å². The standard InChI is InChI=1S/C19H25ClN2O4/c1-12-15(20)3-2-4-16(12)21-18(23)22-9-13-10-26-8-6-19(13,24)14-11-25-7-5-17(14)22/h2-4,13-14,17,24H,5-11H2,1H3,(H,21,23)/t13-,14+,17-,19-/m0/s1. The Labute approximate surface area is 158 Å². The van der Waals surface area contributed by atoms with Gasteiger partial charge in [0.05, 0.1) is 18.8 Å². The van der Waals surface area contributed by atoms with Crippen molar-refractivity contribution in [2.24, 2.45) is 11.8 Å². The number of hydrogen-bond acceptors (Lipinski definition) is 4. The minimum atomic E-state index is -0.813. The van der Waals surface area contributed by atoms with Gasteiger partial charge < -0.3 is 24.8 Å². The summed E-state index contributed by atoms with van der Waals surface area (Å²) in [4.78, 5) is 14.9. The Morgan fingerprint density at radius 3 is 3.00 bits per heavy atom. The van der Waals surface area contributed by atoms with Crippen molar-refractivity contribution in [1.82, 2.24) is 4.90 Å². The monoisotopic (exact) mass is 380 g/mol. The SMILES string of the molecule is Cc1c(Cl)cccc1NC(=O)N1C[C@H]2COCC[C@@]2(O)[C@@H]2COCC[C@@H]21. The second-order valence-electron chi connectivity index (χ2n) is 7.55. The molecular formula is C19H25ClN2O4. The highest BCUT2D eigenvalue weighted by atomic mass is 35.5. The predicted octanol–water partition coefficient (Wildman–Crippen LogP) is 2.67. The fourth-order valence-corrected chi connectivity index (χ4v) is 4.80. The van der Waals surface area contributed by atoms with Gasteiger partial charge in [-0.2, -0.15) is 0 Å². The van der Waals surface area contributed by atoms with Gasteiger partial charge in [-0.1, -0.05) is 17.7 Å². The fraction of sp³-hybridized carbons (Fsp3) is 0.632. The Morgan fingerprint density at radius 1 is 1.35 bits per heavy atom. The number of benzene rings is 1. The lowest BCUT2D eigenvalue weighted by Crippen LogP contribution is -2.69. The number of amides is 2. The quantitative estimate of drug-likeness (QED) is 0.785. The van der Waals surface area contributed by atoms with Crippen LogP contribution in [0.3, 0.4) is 0 Å². The minimum absolute atomic E-state index is 0.0254. The molecule has 7 heteroatoms. The number of ether oxygens (including phenoxy) is 2. The molecule has 0 bridgehead atoms. The van der Waals surface area contributed by atoms with E-state index in [4.69, 9.17) is 21.1 Å². The lowest BCUT2D eigenvalue weighted by atomic mass is 9.66. The molecule has 4 atom stereocenters. The van der Waals surface area contributed by atoms with Gasteiger partial charge >= 0.3 is 6.03 Å². The van der Waals surface area contributed by atoms with Crippen LogP contribution in [-0.4, -0.2) is 60.7 Å². The normalized spacial score (nSPS) is 34.0. The third kappa shape index (κ3) is 2.99. The predicted molar refractivity (Wildman–Crippen MR) is 98.5 cm³/mol. The molecule has 2 amide bonds. The number of anilines is 1. The Morgan fingerprint density at radius 2 is 2.15 bits per heavy atom. The van der Waals surface area contributed by atoms with Crippen molar-refractivity contribution in [3.8, 4) is 0 Å². The number of carbonyl (C=O) groups is 1. The first-order chi connectivity index (χ1) is 12.5. The minimum Gasteiger partial charge on any atom is -0.389 e. The van der Waals surface area contributed by atoms with E-state index in [1.807, 2.05) is 24.0 Å². The summed E-state index contributed by atoms with van der Waals surface area (Å²) in [5.41, 5.74) is 0.749. The largest absolute Gasteiger partial charge is 0.389 e. The van der Waals surface area contributed by atoms with Gasteiger partial charge in [-0.25, -0.2) is 4.79 Å². The molecule has 6 nitrogen and oxygen atoms in total. The van der Waals surface area contributed by atoms with Gasteiger partial charge in [-0.05, 0) is 31.0 Å². The van der Waals surface area contributed by atoms with Crippen LogP contribution in [0.25, 0.3) is 0 Å². The molecule has 3 aliphatic heterocycles. The maximum Gasteiger partial charge on any atom is 0.322 e. The number of piperidine rings is 1. The second-order valence-corrected chi connectivity index (χ2v) is 7.95. The summed E-state index contributed by atoms with van der Waals surface area (Å²) in [6.07, 6.45) is 1.34. The van der Waals surface area contributed by atoms with Crippen LogP contribution in [-0.2, 0) is 9.47 Å². The first-order valence-corrected chi connectivity index (χ1v) is 9.59. The van der Waals surface area contributed by atoms with Crippen LogP contribution in [0.4, 0.5) is 10.5 Å². The van der Waals surface area contributed by atoms with E-state index in [1.54, 1.807) is 6.07 Å². The Hall–Kier alpha value is -1.34. The van der Waals surface area contributed by atoms with Crippen molar-refractivity contribution in [2.75, 3.05) is 38.3 Å². The zero-order valence-corrected chi connectivity index (χ0v) is 15.7. The van der Waals surface area contributed by atoms with Gasteiger partial charge in [-0.3, -0.25) is 0 Å². The number of likely N-dealkylation sites (tertiary alicyclic amines) is 1. The molecule has 4 rings (SSSR count). The van der Waals surface area contributed by atoms with E-state index in [0.29, 0.717) is 50.1 Å². The lowest BCUT2D eigenvalue weighted by Gasteiger charge is -2.56. The maximum absolute atomic E-state index is 13.1. The zero-order valence-electron chi connectivity index (χ0n) is 14.9. The molecule has 26 heavy (non-hydrogen) atoms. The summed E-state index contributed by atoms with van der Waals surface area (Å²) >= 11 is 6.17. The summed E-state index contributed by atoms with van der Waals surface area (Å²) in [5, 5.41) is 14.9. The molecule has 2 N–H and O–H groups in total. The number of carbonyl (C=O) groups excluding carboxylic acids is 1. The first-order valence-electron chi connectivity index (χ1n) is 9.21. The van der Waals surface area contributed by atoms with Crippen LogP contribution in [0, 0.1) is 18.8 Å². The van der Waals surface area contributed by atoms with Crippen molar-refractivity contribution in [3.05, 3.63) is 28.8 Å². The number of hydrogen-bond donors (Lipinski definition) is 2. The highest BCUT2D eigenvalue weighted by molar-refractivity contribution is 6.31. The molecule has 0 saturated carbocycles. The molecule has 1 aromatic rings. The van der Waals surface area contributed by atoms with Crippen molar-refractivity contribution >= 4 is 23.3 Å². The zero-order chi connectivity index (χ0) is 18.3. The van der Waals surface area contributed by atoms with Gasteiger partial charge in [0.15, 0.2) is 0 Å². The summed E-state index contributed by atoms with van der Waals surface area (Å²) in [6.45, 7) is 4.50. The summed E-state index contributed by atoms with van der Waals surface area (Å²) in [7, 11) is 0. The molecule has 0 aromatic heterocycles. The smallest absolute Gasteiger partial charge is 0.322 e. The molecule has 142 valence electrons. The van der Waals surface area contributed by atoms with Crippen molar-refractivity contribution in [2.45, 2.75) is 31.4 Å². The molecule has 1 aromatic carbocycles. The van der Waals surface area contributed by atoms with Gasteiger partial charge in [-0.15, -0.1) is 0 Å². The number of nitrogens with zero attached hydrogens (tertiary/aromatic N) is 1. The molecule has 0 spiro atoms. The van der Waals surface area contributed by atoms with Crippen LogP contribution in [0.2, 0.25) is 5.02 Å². The van der Waals surface area contributed by atoms with Gasteiger partial charge in [0.25, 0.3) is 0 Å². The number of nitrogens with one attached hydrogen (secondary N) is 1. The first kappa shape index (κ1) is 18.0. The summed E-state index contributed by atoms with van der Waals surface area (Å²) in [6, 6.07) is 5.31. The molecule has 3 heterocycles. The molecule has 3 saturated heterocycles. The average molecular weight is 381 g/mol. The molecule has 0 aliphatic carbocycles. The van der Waals surface area contributed by atoms with E-state index in [2.05, 4.69) is 5.32 Å². The van der Waals surface area contributed by atoms with E-state index < -0.39 is 5.60 Å². The van der Waals surface area contributed by atoms with Crippen LogP contribution in [0.1, 0.15) is 18.4 Å². The average Bonchev–Trinajstić information content (AvgIpc) is 2.65. The topological polar surface area (TPSA) is 71.0 Å². The highest BCUT2D eigenvalue weighted by Gasteiger charge is 2.56. The van der Waals surface area contributed by atoms with Crippen LogP contribution < -0.4 is 5.32 Å². The van der Waals surface area contributed by atoms with Crippen LogP contribution in [0.15, 0.2) is 18.2 Å². The highest BCUT2D eigenvalue weighted by Crippen LogP contribution is 2.44. The third-order valence-electron chi connectivity index (χ3n) is 6.22. The fourth-order valence-electron chi connectivity index (χ4n) is 4.62. The maximum atomic E-state index is 13.1. The number of fused-ring (bicyclic) bond motifs is 3. The van der Waals surface area contributed by atoms with Gasteiger partial charge in [0.1, 0.15) is 0 Å². The van der Waals surface area contributed by atoms with E-state index in [0.717, 1.165) is 12.0 Å². The number of urea groups is 1.